The molecule has 2 aromatic rings. The van der Waals surface area contributed by atoms with E-state index in [2.05, 4.69) is 22.8 Å². The molecule has 1 aliphatic rings. The molecular formula is C17H18N4O2S2. The summed E-state index contributed by atoms with van der Waals surface area (Å²) in [5, 5.41) is 18.4. The van der Waals surface area contributed by atoms with E-state index in [0.29, 0.717) is 35.3 Å². The molecule has 0 aliphatic carbocycles. The lowest BCUT2D eigenvalue weighted by Crippen LogP contribution is -2.11. The van der Waals surface area contributed by atoms with E-state index in [4.69, 9.17) is 0 Å². The van der Waals surface area contributed by atoms with Crippen LogP contribution >= 0.6 is 11.8 Å². The fraction of sp³-hybridized carbons (Fsp3) is 0.353. The molecule has 1 aromatic heterocycles. The Bertz CT molecular complexity index is 928. The molecule has 8 heteroatoms. The maximum atomic E-state index is 11.8. The van der Waals surface area contributed by atoms with E-state index in [1.54, 1.807) is 12.1 Å². The van der Waals surface area contributed by atoms with Crippen LogP contribution in [0.4, 0.5) is 0 Å². The number of nitriles is 1. The molecule has 0 N–H and O–H groups in total. The van der Waals surface area contributed by atoms with Gasteiger partial charge < -0.3 is 4.57 Å². The van der Waals surface area contributed by atoms with Crippen molar-refractivity contribution in [1.29, 1.82) is 5.26 Å². The van der Waals surface area contributed by atoms with Crippen molar-refractivity contribution in [1.82, 2.24) is 14.8 Å². The Balaban J connectivity index is 1.82. The minimum absolute atomic E-state index is 0.113. The summed E-state index contributed by atoms with van der Waals surface area (Å²) >= 11 is 1.49. The summed E-state index contributed by atoms with van der Waals surface area (Å²) in [6, 6.07) is 9.64. The van der Waals surface area contributed by atoms with Gasteiger partial charge in [0, 0.05) is 18.2 Å². The summed E-state index contributed by atoms with van der Waals surface area (Å²) in [4.78, 5) is 0. The highest BCUT2D eigenvalue weighted by Crippen LogP contribution is 2.31. The number of benzene rings is 1. The monoisotopic (exact) mass is 374 g/mol. The first-order valence-corrected chi connectivity index (χ1v) is 10.7. The number of allylic oxidation sites excluding steroid dienone is 1. The minimum atomic E-state index is -2.98. The zero-order chi connectivity index (χ0) is 17.9. The van der Waals surface area contributed by atoms with Gasteiger partial charge in [-0.1, -0.05) is 36.0 Å². The second kappa shape index (κ2) is 7.42. The summed E-state index contributed by atoms with van der Waals surface area (Å²) in [5.74, 6) is 1.53. The molecule has 2 heterocycles. The third kappa shape index (κ3) is 3.94. The molecule has 1 aromatic carbocycles. The van der Waals surface area contributed by atoms with Crippen LogP contribution < -0.4 is 0 Å². The van der Waals surface area contributed by atoms with Crippen LogP contribution in [0.2, 0.25) is 0 Å². The van der Waals surface area contributed by atoms with E-state index in [1.807, 2.05) is 22.8 Å². The van der Waals surface area contributed by atoms with E-state index in [9.17, 15) is 13.7 Å². The molecule has 0 saturated carbocycles. The number of nitrogens with zero attached hydrogens (tertiary/aromatic N) is 4. The number of aromatic nitrogens is 3. The third-order valence-corrected chi connectivity index (χ3v) is 6.93. The topological polar surface area (TPSA) is 88.6 Å². The highest BCUT2D eigenvalue weighted by atomic mass is 32.2. The van der Waals surface area contributed by atoms with Crippen molar-refractivity contribution in [2.24, 2.45) is 0 Å². The van der Waals surface area contributed by atoms with E-state index >= 15 is 0 Å². The molecule has 0 amide bonds. The summed E-state index contributed by atoms with van der Waals surface area (Å²) in [6.07, 6.45) is 2.34. The van der Waals surface area contributed by atoms with Gasteiger partial charge in [-0.3, -0.25) is 0 Å². The summed E-state index contributed by atoms with van der Waals surface area (Å²) in [6.45, 7) is 4.30. The van der Waals surface area contributed by atoms with E-state index in [-0.39, 0.29) is 17.4 Å². The third-order valence-electron chi connectivity index (χ3n) is 4.15. The van der Waals surface area contributed by atoms with Gasteiger partial charge in [0.1, 0.15) is 5.82 Å². The summed E-state index contributed by atoms with van der Waals surface area (Å²) in [7, 11) is -2.98. The summed E-state index contributed by atoms with van der Waals surface area (Å²) < 4.78 is 25.4. The molecule has 1 fully saturated rings. The fourth-order valence-electron chi connectivity index (χ4n) is 2.91. The predicted octanol–water partition coefficient (Wildman–Crippen LogP) is 2.53. The number of thioether (sulfide) groups is 1. The maximum absolute atomic E-state index is 11.8. The normalized spacial score (nSPS) is 18.8. The quantitative estimate of drug-likeness (QED) is 0.570. The van der Waals surface area contributed by atoms with Crippen LogP contribution in [0, 0.1) is 11.3 Å². The highest BCUT2D eigenvalue weighted by Gasteiger charge is 2.33. The second-order valence-electron chi connectivity index (χ2n) is 5.90. The van der Waals surface area contributed by atoms with Gasteiger partial charge in [-0.25, -0.2) is 8.42 Å². The Labute approximate surface area is 151 Å². The van der Waals surface area contributed by atoms with E-state index in [1.165, 1.54) is 11.8 Å². The lowest BCUT2D eigenvalue weighted by Gasteiger charge is -2.11. The number of hydrogen-bond donors (Lipinski definition) is 0. The van der Waals surface area contributed by atoms with Gasteiger partial charge in [0.2, 0.25) is 0 Å². The molecule has 0 radical (unpaired) electrons. The average Bonchev–Trinajstić information content (AvgIpc) is 3.16. The van der Waals surface area contributed by atoms with Gasteiger partial charge in [-0.2, -0.15) is 5.26 Å². The molecule has 130 valence electrons. The molecule has 25 heavy (non-hydrogen) atoms. The molecule has 3 rings (SSSR count). The Hall–Kier alpha value is -2.11. The number of sulfone groups is 1. The molecule has 0 unspecified atom stereocenters. The lowest BCUT2D eigenvalue weighted by molar-refractivity contribution is 0.597. The Morgan fingerprint density at radius 3 is 2.88 bits per heavy atom. The molecule has 0 bridgehead atoms. The zero-order valence-electron chi connectivity index (χ0n) is 13.6. The van der Waals surface area contributed by atoms with Gasteiger partial charge in [-0.15, -0.1) is 16.8 Å². The predicted molar refractivity (Wildman–Crippen MR) is 96.9 cm³/mol. The van der Waals surface area contributed by atoms with Crippen LogP contribution in [0.15, 0.2) is 42.1 Å². The zero-order valence-corrected chi connectivity index (χ0v) is 15.3. The Kier molecular flexibility index (Phi) is 5.25. The first-order chi connectivity index (χ1) is 12.0. The second-order valence-corrected chi connectivity index (χ2v) is 9.07. The van der Waals surface area contributed by atoms with Crippen LogP contribution in [-0.4, -0.2) is 34.7 Å². The van der Waals surface area contributed by atoms with Crippen molar-refractivity contribution < 1.29 is 8.42 Å². The SMILES string of the molecule is C=CCn1c(SCc2ccccc2C#N)nnc1[C@H]1CCS(=O)(=O)C1. The maximum Gasteiger partial charge on any atom is 0.191 e. The molecule has 6 nitrogen and oxygen atoms in total. The largest absolute Gasteiger partial charge is 0.302 e. The van der Waals surface area contributed by atoms with Gasteiger partial charge in [0.25, 0.3) is 0 Å². The Morgan fingerprint density at radius 2 is 2.20 bits per heavy atom. The fourth-order valence-corrected chi connectivity index (χ4v) is 5.60. The van der Waals surface area contributed by atoms with Crippen molar-refractivity contribution in [2.45, 2.75) is 29.8 Å². The van der Waals surface area contributed by atoms with Gasteiger partial charge in [0.15, 0.2) is 15.0 Å². The van der Waals surface area contributed by atoms with Crippen LogP contribution in [-0.2, 0) is 22.1 Å². The van der Waals surface area contributed by atoms with Crippen LogP contribution in [0.1, 0.15) is 29.3 Å². The first kappa shape index (κ1) is 17.7. The van der Waals surface area contributed by atoms with Crippen LogP contribution in [0.3, 0.4) is 0 Å². The van der Waals surface area contributed by atoms with Crippen molar-refractivity contribution >= 4 is 21.6 Å². The van der Waals surface area contributed by atoms with Crippen molar-refractivity contribution in [2.75, 3.05) is 11.5 Å². The molecule has 1 atom stereocenters. The Morgan fingerprint density at radius 1 is 1.40 bits per heavy atom. The summed E-state index contributed by atoms with van der Waals surface area (Å²) in [5.41, 5.74) is 1.58. The van der Waals surface area contributed by atoms with Gasteiger partial charge >= 0.3 is 0 Å². The number of rotatable bonds is 6. The van der Waals surface area contributed by atoms with Crippen molar-refractivity contribution in [3.8, 4) is 6.07 Å². The highest BCUT2D eigenvalue weighted by molar-refractivity contribution is 7.98. The molecule has 1 saturated heterocycles. The minimum Gasteiger partial charge on any atom is -0.302 e. The van der Waals surface area contributed by atoms with Crippen LogP contribution in [0.25, 0.3) is 0 Å². The molecule has 1 aliphatic heterocycles. The average molecular weight is 374 g/mol. The van der Waals surface area contributed by atoms with Crippen molar-refractivity contribution in [3.05, 3.63) is 53.9 Å². The molecule has 0 spiro atoms. The van der Waals surface area contributed by atoms with E-state index in [0.717, 1.165) is 5.56 Å². The molecular weight excluding hydrogens is 356 g/mol. The van der Waals surface area contributed by atoms with Crippen LogP contribution in [0.5, 0.6) is 0 Å². The van der Waals surface area contributed by atoms with Crippen molar-refractivity contribution in [3.63, 3.8) is 0 Å². The smallest absolute Gasteiger partial charge is 0.191 e. The standard InChI is InChI=1S/C17H18N4O2S2/c1-2-8-21-16(15-7-9-25(22,23)12-15)19-20-17(21)24-11-14-6-4-3-5-13(14)10-18/h2-6,15H,1,7-9,11-12H2/t15-/m0/s1. The van der Waals surface area contributed by atoms with Gasteiger partial charge in [-0.05, 0) is 18.1 Å². The number of hydrogen-bond acceptors (Lipinski definition) is 6. The van der Waals surface area contributed by atoms with Gasteiger partial charge in [0.05, 0.1) is 23.1 Å². The van der Waals surface area contributed by atoms with E-state index < -0.39 is 9.84 Å². The first-order valence-electron chi connectivity index (χ1n) is 7.89. The lowest BCUT2D eigenvalue weighted by atomic mass is 10.1.